The molecule has 0 radical (unpaired) electrons. The van der Waals surface area contributed by atoms with Gasteiger partial charge in [-0.15, -0.1) is 0 Å². The Labute approximate surface area is 125 Å². The predicted octanol–water partition coefficient (Wildman–Crippen LogP) is 3.66. The Balaban J connectivity index is 1.95. The maximum atomic E-state index is 10.7. The molecule has 0 amide bonds. The highest BCUT2D eigenvalue weighted by Crippen LogP contribution is 2.41. The molecule has 21 heavy (non-hydrogen) atoms. The van der Waals surface area contributed by atoms with Crippen molar-refractivity contribution in [2.75, 3.05) is 14.2 Å². The molecule has 3 nitrogen and oxygen atoms in total. The third-order valence-corrected chi connectivity index (χ3v) is 4.04. The summed E-state index contributed by atoms with van der Waals surface area (Å²) in [5.41, 5.74) is 2.88. The van der Waals surface area contributed by atoms with Crippen LogP contribution in [0.1, 0.15) is 41.6 Å². The van der Waals surface area contributed by atoms with Crippen LogP contribution in [0, 0.1) is 0 Å². The molecule has 0 saturated heterocycles. The predicted molar refractivity (Wildman–Crippen MR) is 82.0 cm³/mol. The van der Waals surface area contributed by atoms with Gasteiger partial charge in [0.15, 0.2) is 0 Å². The van der Waals surface area contributed by atoms with E-state index >= 15 is 0 Å². The van der Waals surface area contributed by atoms with Crippen LogP contribution in [-0.2, 0) is 0 Å². The maximum Gasteiger partial charge on any atom is 0.128 e. The molecule has 1 saturated carbocycles. The molecular formula is C18H20O3. The van der Waals surface area contributed by atoms with E-state index in [0.717, 1.165) is 11.5 Å². The van der Waals surface area contributed by atoms with E-state index in [4.69, 9.17) is 9.47 Å². The van der Waals surface area contributed by atoms with Crippen LogP contribution >= 0.6 is 0 Å². The number of aliphatic hydroxyl groups is 1. The molecule has 0 bridgehead atoms. The van der Waals surface area contributed by atoms with Gasteiger partial charge < -0.3 is 14.6 Å². The molecule has 0 aromatic heterocycles. The van der Waals surface area contributed by atoms with E-state index in [1.807, 2.05) is 30.3 Å². The van der Waals surface area contributed by atoms with Gasteiger partial charge in [0.05, 0.1) is 19.8 Å². The van der Waals surface area contributed by atoms with Gasteiger partial charge in [-0.05, 0) is 42.0 Å². The minimum Gasteiger partial charge on any atom is -0.496 e. The van der Waals surface area contributed by atoms with Crippen LogP contribution in [0.25, 0.3) is 0 Å². The van der Waals surface area contributed by atoms with Gasteiger partial charge in [-0.25, -0.2) is 0 Å². The Hall–Kier alpha value is -2.00. The molecular weight excluding hydrogens is 264 g/mol. The standard InChI is InChI=1S/C18H20O3/c1-20-15-4-3-5-16(21-2)17(15)18(19)14-10-8-13(9-11-14)12-6-7-12/h3-5,8-12,18-19H,6-7H2,1-2H3. The summed E-state index contributed by atoms with van der Waals surface area (Å²) in [5, 5.41) is 10.7. The quantitative estimate of drug-likeness (QED) is 0.910. The van der Waals surface area contributed by atoms with E-state index in [-0.39, 0.29) is 0 Å². The third-order valence-electron chi connectivity index (χ3n) is 4.04. The minimum absolute atomic E-state index is 0.633. The van der Waals surface area contributed by atoms with Crippen LogP contribution in [0.4, 0.5) is 0 Å². The third kappa shape index (κ3) is 2.74. The SMILES string of the molecule is COc1cccc(OC)c1C(O)c1ccc(C2CC2)cc1. The van der Waals surface area contributed by atoms with Crippen LogP contribution < -0.4 is 9.47 Å². The number of methoxy groups -OCH3 is 2. The Bertz CT molecular complexity index is 593. The summed E-state index contributed by atoms with van der Waals surface area (Å²) in [7, 11) is 3.20. The highest BCUT2D eigenvalue weighted by Gasteiger charge is 2.24. The van der Waals surface area contributed by atoms with Gasteiger partial charge in [0.2, 0.25) is 0 Å². The van der Waals surface area contributed by atoms with Crippen molar-refractivity contribution >= 4 is 0 Å². The molecule has 110 valence electrons. The van der Waals surface area contributed by atoms with E-state index in [2.05, 4.69) is 12.1 Å². The fourth-order valence-electron chi connectivity index (χ4n) is 2.68. The number of benzene rings is 2. The average Bonchev–Trinajstić information content (AvgIpc) is 3.38. The van der Waals surface area contributed by atoms with Gasteiger partial charge in [0, 0.05) is 0 Å². The highest BCUT2D eigenvalue weighted by atomic mass is 16.5. The molecule has 1 aliphatic rings. The van der Waals surface area contributed by atoms with Crippen LogP contribution in [0.3, 0.4) is 0 Å². The lowest BCUT2D eigenvalue weighted by atomic mass is 9.98. The van der Waals surface area contributed by atoms with Gasteiger partial charge in [-0.2, -0.15) is 0 Å². The highest BCUT2D eigenvalue weighted by molar-refractivity contribution is 5.49. The summed E-state index contributed by atoms with van der Waals surface area (Å²) in [6.45, 7) is 0. The first kappa shape index (κ1) is 14.0. The van der Waals surface area contributed by atoms with E-state index in [1.54, 1.807) is 14.2 Å². The maximum absolute atomic E-state index is 10.7. The number of hydrogen-bond acceptors (Lipinski definition) is 3. The fraction of sp³-hybridized carbons (Fsp3) is 0.333. The molecule has 0 aliphatic heterocycles. The van der Waals surface area contributed by atoms with Gasteiger partial charge in [-0.1, -0.05) is 30.3 Å². The second-order valence-electron chi connectivity index (χ2n) is 5.42. The first-order valence-corrected chi connectivity index (χ1v) is 7.23. The van der Waals surface area contributed by atoms with Crippen molar-refractivity contribution in [1.29, 1.82) is 0 Å². The van der Waals surface area contributed by atoms with E-state index in [0.29, 0.717) is 17.1 Å². The van der Waals surface area contributed by atoms with Gasteiger partial charge in [0.1, 0.15) is 17.6 Å². The van der Waals surface area contributed by atoms with E-state index in [1.165, 1.54) is 18.4 Å². The Kier molecular flexibility index (Phi) is 3.84. The zero-order valence-electron chi connectivity index (χ0n) is 12.4. The van der Waals surface area contributed by atoms with E-state index < -0.39 is 6.10 Å². The van der Waals surface area contributed by atoms with Crippen LogP contribution in [0.15, 0.2) is 42.5 Å². The van der Waals surface area contributed by atoms with Gasteiger partial charge in [0.25, 0.3) is 0 Å². The second-order valence-corrected chi connectivity index (χ2v) is 5.42. The lowest BCUT2D eigenvalue weighted by molar-refractivity contribution is 0.209. The molecule has 1 fully saturated rings. The fourth-order valence-corrected chi connectivity index (χ4v) is 2.68. The van der Waals surface area contributed by atoms with Crippen molar-refractivity contribution in [2.45, 2.75) is 24.9 Å². The van der Waals surface area contributed by atoms with Crippen molar-refractivity contribution in [3.05, 3.63) is 59.2 Å². The Morgan fingerprint density at radius 3 is 2.00 bits per heavy atom. The van der Waals surface area contributed by atoms with Crippen LogP contribution in [0.5, 0.6) is 11.5 Å². The first-order chi connectivity index (χ1) is 10.2. The number of aliphatic hydroxyl groups excluding tert-OH is 1. The summed E-state index contributed by atoms with van der Waals surface area (Å²) in [5.74, 6) is 1.98. The first-order valence-electron chi connectivity index (χ1n) is 7.23. The normalized spacial score (nSPS) is 15.6. The van der Waals surface area contributed by atoms with E-state index in [9.17, 15) is 5.11 Å². The summed E-state index contributed by atoms with van der Waals surface area (Å²) in [6.07, 6.45) is 1.80. The summed E-state index contributed by atoms with van der Waals surface area (Å²) >= 11 is 0. The second kappa shape index (κ2) is 5.78. The molecule has 1 aliphatic carbocycles. The molecule has 2 aromatic rings. The average molecular weight is 284 g/mol. The van der Waals surface area contributed by atoms with Gasteiger partial charge >= 0.3 is 0 Å². The largest absolute Gasteiger partial charge is 0.496 e. The zero-order chi connectivity index (χ0) is 14.8. The zero-order valence-corrected chi connectivity index (χ0v) is 12.4. The Morgan fingerprint density at radius 1 is 0.952 bits per heavy atom. The smallest absolute Gasteiger partial charge is 0.128 e. The molecule has 1 unspecified atom stereocenters. The van der Waals surface area contributed by atoms with Crippen LogP contribution in [0.2, 0.25) is 0 Å². The minimum atomic E-state index is -0.760. The molecule has 3 heteroatoms. The molecule has 0 heterocycles. The number of hydrogen-bond donors (Lipinski definition) is 1. The molecule has 1 N–H and O–H groups in total. The summed E-state index contributed by atoms with van der Waals surface area (Å²) in [6, 6.07) is 13.7. The summed E-state index contributed by atoms with van der Waals surface area (Å²) < 4.78 is 10.7. The Morgan fingerprint density at radius 2 is 1.52 bits per heavy atom. The molecule has 3 rings (SSSR count). The monoisotopic (exact) mass is 284 g/mol. The topological polar surface area (TPSA) is 38.7 Å². The lowest BCUT2D eigenvalue weighted by Crippen LogP contribution is -2.05. The van der Waals surface area contributed by atoms with Crippen molar-refractivity contribution in [2.24, 2.45) is 0 Å². The summed E-state index contributed by atoms with van der Waals surface area (Å²) in [4.78, 5) is 0. The molecule has 0 spiro atoms. The van der Waals surface area contributed by atoms with Crippen LogP contribution in [-0.4, -0.2) is 19.3 Å². The lowest BCUT2D eigenvalue weighted by Gasteiger charge is -2.18. The molecule has 1 atom stereocenters. The van der Waals surface area contributed by atoms with Crippen molar-refractivity contribution in [3.8, 4) is 11.5 Å². The number of rotatable bonds is 5. The van der Waals surface area contributed by atoms with Crippen molar-refractivity contribution < 1.29 is 14.6 Å². The molecule has 2 aromatic carbocycles. The van der Waals surface area contributed by atoms with Crippen molar-refractivity contribution in [3.63, 3.8) is 0 Å². The van der Waals surface area contributed by atoms with Crippen molar-refractivity contribution in [1.82, 2.24) is 0 Å². The number of ether oxygens (including phenoxy) is 2. The van der Waals surface area contributed by atoms with Gasteiger partial charge in [-0.3, -0.25) is 0 Å².